The maximum atomic E-state index is 5.32. The Hall–Kier alpha value is -1.51. The molecule has 0 aromatic carbocycles. The zero-order chi connectivity index (χ0) is 10.3. The topological polar surface area (TPSA) is 69.1 Å². The molecule has 0 amide bonds. The molecule has 0 atom stereocenters. The number of hydrogen-bond donors (Lipinski definition) is 0. The van der Waals surface area contributed by atoms with Gasteiger partial charge in [0.1, 0.15) is 0 Å². The summed E-state index contributed by atoms with van der Waals surface area (Å²) in [6, 6.07) is 0. The summed E-state index contributed by atoms with van der Waals surface area (Å²) in [5.41, 5.74) is 1.64. The van der Waals surface area contributed by atoms with Crippen molar-refractivity contribution in [2.75, 3.05) is 0 Å². The summed E-state index contributed by atoms with van der Waals surface area (Å²) in [5.74, 6) is 0.461. The van der Waals surface area contributed by atoms with Gasteiger partial charge in [0.25, 0.3) is 9.79 Å². The third kappa shape index (κ3) is 1.39. The van der Waals surface area contributed by atoms with Gasteiger partial charge >= 0.3 is 0 Å². The molecule has 0 spiro atoms. The van der Waals surface area contributed by atoms with Gasteiger partial charge in [0.05, 0.1) is 23.5 Å². The number of halogens is 1. The molecule has 0 bridgehead atoms. The molecule has 0 saturated carbocycles. The maximum Gasteiger partial charge on any atom is 0.278 e. The predicted octanol–water partition coefficient (Wildman–Crippen LogP) is 1.38. The van der Waals surface area contributed by atoms with Crippen LogP contribution in [0.2, 0.25) is 0 Å². The Kier molecular flexibility index (Phi) is 1.91. The molecule has 0 aliphatic heterocycles. The van der Waals surface area contributed by atoms with Gasteiger partial charge in [-0.05, 0) is 0 Å². The first-order valence-electron chi connectivity index (χ1n) is 4.11. The third-order valence-electron chi connectivity index (χ3n) is 1.96. The fourth-order valence-corrected chi connectivity index (χ4v) is 1.63. The van der Waals surface area contributed by atoms with Crippen molar-refractivity contribution in [2.45, 2.75) is 0 Å². The second-order valence-corrected chi connectivity index (χ2v) is 3.75. The molecule has 0 saturated heterocycles. The zero-order valence-electron chi connectivity index (χ0n) is 7.33. The molecule has 3 rings (SSSR count). The van der Waals surface area contributed by atoms with Crippen molar-refractivity contribution < 1.29 is 4.42 Å². The Bertz CT molecular complexity index is 616. The van der Waals surface area contributed by atoms with Gasteiger partial charge in [-0.2, -0.15) is 5.10 Å². The van der Waals surface area contributed by atoms with Crippen LogP contribution >= 0.6 is 22.6 Å². The highest BCUT2D eigenvalue weighted by Gasteiger charge is 2.12. The number of hydrogen-bond acceptors (Lipinski definition) is 5. The second-order valence-electron chi connectivity index (χ2n) is 2.82. The Balaban J connectivity index is 2.27. The first kappa shape index (κ1) is 8.77. The Morgan fingerprint density at radius 3 is 3.00 bits per heavy atom. The molecule has 15 heavy (non-hydrogen) atoms. The normalized spacial score (nSPS) is 11.0. The van der Waals surface area contributed by atoms with Crippen LogP contribution in [0.1, 0.15) is 0 Å². The van der Waals surface area contributed by atoms with Gasteiger partial charge in [-0.25, -0.2) is 4.52 Å². The van der Waals surface area contributed by atoms with Crippen LogP contribution in [0.15, 0.2) is 29.2 Å². The van der Waals surface area contributed by atoms with Crippen LogP contribution in [-0.4, -0.2) is 24.8 Å². The predicted molar refractivity (Wildman–Crippen MR) is 59.0 cm³/mol. The van der Waals surface area contributed by atoms with Gasteiger partial charge in [0.2, 0.25) is 0 Å². The van der Waals surface area contributed by atoms with Crippen molar-refractivity contribution in [3.8, 4) is 11.5 Å². The van der Waals surface area contributed by atoms with Crippen molar-refractivity contribution in [1.82, 2.24) is 24.8 Å². The first-order chi connectivity index (χ1) is 7.34. The molecule has 0 aliphatic rings. The van der Waals surface area contributed by atoms with Crippen LogP contribution in [0.25, 0.3) is 17.0 Å². The lowest BCUT2D eigenvalue weighted by atomic mass is 10.3. The number of rotatable bonds is 1. The summed E-state index contributed by atoms with van der Waals surface area (Å²) in [5, 5.41) is 11.8. The van der Waals surface area contributed by atoms with E-state index in [1.165, 1.54) is 0 Å². The monoisotopic (exact) mass is 313 g/mol. The van der Waals surface area contributed by atoms with Gasteiger partial charge < -0.3 is 4.42 Å². The van der Waals surface area contributed by atoms with Crippen molar-refractivity contribution in [3.63, 3.8) is 0 Å². The van der Waals surface area contributed by atoms with E-state index >= 15 is 0 Å². The number of aromatic nitrogens is 5. The van der Waals surface area contributed by atoms with Crippen LogP contribution in [0.4, 0.5) is 0 Å². The average Bonchev–Trinajstić information content (AvgIpc) is 2.83. The number of fused-ring (bicyclic) bond motifs is 1. The van der Waals surface area contributed by atoms with E-state index in [9.17, 15) is 0 Å². The molecule has 0 aliphatic carbocycles. The molecule has 3 aromatic rings. The van der Waals surface area contributed by atoms with Gasteiger partial charge in [-0.15, -0.1) is 10.2 Å². The van der Waals surface area contributed by atoms with E-state index in [-0.39, 0.29) is 0 Å². The van der Waals surface area contributed by atoms with E-state index in [0.717, 1.165) is 11.1 Å². The summed E-state index contributed by atoms with van der Waals surface area (Å²) >= 11 is 1.97. The molecular weight excluding hydrogens is 309 g/mol. The molecule has 3 heterocycles. The third-order valence-corrected chi connectivity index (χ3v) is 2.39. The summed E-state index contributed by atoms with van der Waals surface area (Å²) in [6.07, 6.45) is 6.82. The van der Waals surface area contributed by atoms with Crippen molar-refractivity contribution >= 4 is 28.1 Å². The van der Waals surface area contributed by atoms with E-state index in [1.807, 2.05) is 22.6 Å². The SMILES string of the molecule is Ic1nnc(-c2cnn3ccncc23)o1. The second kappa shape index (κ2) is 3.26. The molecule has 0 radical (unpaired) electrons. The van der Waals surface area contributed by atoms with Crippen LogP contribution in [-0.2, 0) is 0 Å². The van der Waals surface area contributed by atoms with Gasteiger partial charge in [0.15, 0.2) is 0 Å². The molecule has 3 aromatic heterocycles. The lowest BCUT2D eigenvalue weighted by molar-refractivity contribution is 0.537. The summed E-state index contributed by atoms with van der Waals surface area (Å²) in [6.45, 7) is 0. The van der Waals surface area contributed by atoms with Crippen LogP contribution < -0.4 is 0 Å². The van der Waals surface area contributed by atoms with Gasteiger partial charge in [0, 0.05) is 35.0 Å². The molecule has 7 heteroatoms. The summed E-state index contributed by atoms with van der Waals surface area (Å²) in [4.78, 5) is 4.03. The quantitative estimate of drug-likeness (QED) is 0.635. The summed E-state index contributed by atoms with van der Waals surface area (Å²) in [7, 11) is 0. The van der Waals surface area contributed by atoms with E-state index in [2.05, 4.69) is 20.3 Å². The molecule has 0 unspecified atom stereocenters. The molecule has 0 N–H and O–H groups in total. The van der Waals surface area contributed by atoms with Gasteiger partial charge in [-0.1, -0.05) is 0 Å². The molecule has 0 fully saturated rings. The standard InChI is InChI=1S/C8H4IN5O/c9-8-13-12-7(15-8)5-3-11-14-2-1-10-4-6(5)14/h1-4H. The lowest BCUT2D eigenvalue weighted by Gasteiger charge is -1.91. The highest BCUT2D eigenvalue weighted by molar-refractivity contribution is 14.1. The largest absolute Gasteiger partial charge is 0.412 e. The Labute approximate surface area is 97.5 Å². The maximum absolute atomic E-state index is 5.32. The average molecular weight is 313 g/mol. The molecule has 74 valence electrons. The summed E-state index contributed by atoms with van der Waals surface area (Å²) < 4.78 is 7.53. The number of nitrogens with zero attached hydrogens (tertiary/aromatic N) is 5. The minimum Gasteiger partial charge on any atom is -0.412 e. The fourth-order valence-electron chi connectivity index (χ4n) is 1.31. The molecular formula is C8H4IN5O. The molecule has 6 nitrogen and oxygen atoms in total. The zero-order valence-corrected chi connectivity index (χ0v) is 9.49. The lowest BCUT2D eigenvalue weighted by Crippen LogP contribution is -1.86. The van der Waals surface area contributed by atoms with Gasteiger partial charge in [-0.3, -0.25) is 4.98 Å². The Morgan fingerprint density at radius 2 is 2.20 bits per heavy atom. The fraction of sp³-hybridized carbons (Fsp3) is 0. The van der Waals surface area contributed by atoms with E-state index in [4.69, 9.17) is 4.42 Å². The Morgan fingerprint density at radius 1 is 1.27 bits per heavy atom. The highest BCUT2D eigenvalue weighted by Crippen LogP contribution is 2.22. The highest BCUT2D eigenvalue weighted by atomic mass is 127. The minimum atomic E-state index is 0.461. The van der Waals surface area contributed by atoms with Crippen molar-refractivity contribution in [3.05, 3.63) is 28.7 Å². The first-order valence-corrected chi connectivity index (χ1v) is 5.19. The van der Waals surface area contributed by atoms with Crippen molar-refractivity contribution in [2.24, 2.45) is 0 Å². The van der Waals surface area contributed by atoms with Crippen molar-refractivity contribution in [1.29, 1.82) is 0 Å². The van der Waals surface area contributed by atoms with E-state index in [0.29, 0.717) is 9.79 Å². The van der Waals surface area contributed by atoms with Crippen LogP contribution in [0.3, 0.4) is 0 Å². The van der Waals surface area contributed by atoms with Crippen LogP contribution in [0.5, 0.6) is 0 Å². The van der Waals surface area contributed by atoms with E-state index in [1.54, 1.807) is 29.3 Å². The smallest absolute Gasteiger partial charge is 0.278 e. The van der Waals surface area contributed by atoms with E-state index < -0.39 is 0 Å². The minimum absolute atomic E-state index is 0.461. The van der Waals surface area contributed by atoms with Crippen LogP contribution in [0, 0.1) is 3.90 Å².